The lowest BCUT2D eigenvalue weighted by atomic mass is 9.80. The highest BCUT2D eigenvalue weighted by atomic mass is 79.9. The molecule has 9 heteroatoms. The number of pyridine rings is 1. The molecule has 0 bridgehead atoms. The third-order valence-electron chi connectivity index (χ3n) is 5.67. The number of nitrogens with zero attached hydrogens (tertiary/aromatic N) is 1. The summed E-state index contributed by atoms with van der Waals surface area (Å²) in [6.07, 6.45) is -5.43. The van der Waals surface area contributed by atoms with E-state index in [1.54, 1.807) is 50.2 Å². The van der Waals surface area contributed by atoms with Crippen molar-refractivity contribution < 1.29 is 27.8 Å². The van der Waals surface area contributed by atoms with Gasteiger partial charge in [-0.15, -0.1) is 0 Å². The number of aromatic nitrogens is 1. The summed E-state index contributed by atoms with van der Waals surface area (Å²) in [5.74, 6) is 0.0459. The van der Waals surface area contributed by atoms with Crippen molar-refractivity contribution in [1.29, 1.82) is 0 Å². The number of anilines is 1. The number of benzene rings is 2. The Labute approximate surface area is 198 Å². The maximum absolute atomic E-state index is 14.5. The zero-order chi connectivity index (χ0) is 24.0. The van der Waals surface area contributed by atoms with E-state index < -0.39 is 30.2 Å². The normalized spacial score (nSPS) is 16.2. The first-order chi connectivity index (χ1) is 15.5. The molecule has 0 saturated heterocycles. The highest BCUT2D eigenvalue weighted by Crippen LogP contribution is 2.52. The maximum atomic E-state index is 14.5. The summed E-state index contributed by atoms with van der Waals surface area (Å²) < 4.78 is 55.1. The Morgan fingerprint density at radius 2 is 1.82 bits per heavy atom. The van der Waals surface area contributed by atoms with Crippen LogP contribution in [0.25, 0.3) is 10.9 Å². The van der Waals surface area contributed by atoms with Crippen LogP contribution in [0.2, 0.25) is 0 Å². The number of halogens is 4. The van der Waals surface area contributed by atoms with E-state index in [2.05, 4.69) is 26.2 Å². The van der Waals surface area contributed by atoms with Crippen LogP contribution in [0.4, 0.5) is 18.9 Å². The van der Waals surface area contributed by atoms with E-state index in [0.717, 1.165) is 5.69 Å². The molecule has 0 spiro atoms. The van der Waals surface area contributed by atoms with Gasteiger partial charge in [-0.3, -0.25) is 4.98 Å². The molecule has 0 radical (unpaired) electrons. The lowest BCUT2D eigenvalue weighted by Gasteiger charge is -2.40. The van der Waals surface area contributed by atoms with E-state index in [1.165, 1.54) is 6.07 Å². The van der Waals surface area contributed by atoms with Crippen molar-refractivity contribution in [1.82, 2.24) is 4.98 Å². The minimum Gasteiger partial charge on any atom is -0.453 e. The van der Waals surface area contributed by atoms with Gasteiger partial charge in [0.05, 0.1) is 16.0 Å². The van der Waals surface area contributed by atoms with E-state index in [0.29, 0.717) is 26.8 Å². The summed E-state index contributed by atoms with van der Waals surface area (Å²) in [5, 5.41) is 14.9. The Hall–Kier alpha value is -2.52. The first-order valence-corrected chi connectivity index (χ1v) is 11.3. The fourth-order valence-electron chi connectivity index (χ4n) is 4.22. The average molecular weight is 525 g/mol. The summed E-state index contributed by atoms with van der Waals surface area (Å²) in [5.41, 5.74) is -1.08. The zero-order valence-electron chi connectivity index (χ0n) is 18.3. The smallest absolute Gasteiger partial charge is 0.419 e. The van der Waals surface area contributed by atoms with E-state index >= 15 is 0 Å². The second-order valence-electron chi connectivity index (χ2n) is 8.62. The third kappa shape index (κ3) is 4.36. The summed E-state index contributed by atoms with van der Waals surface area (Å²) in [6, 6.07) is 10.3. The Bertz CT molecular complexity index is 1190. The van der Waals surface area contributed by atoms with E-state index in [9.17, 15) is 18.3 Å². The molecule has 1 aliphatic heterocycles. The number of ether oxygens (including phenoxy) is 2. The van der Waals surface area contributed by atoms with Gasteiger partial charge in [-0.05, 0) is 65.5 Å². The van der Waals surface area contributed by atoms with Gasteiger partial charge in [-0.2, -0.15) is 13.2 Å². The van der Waals surface area contributed by atoms with Crippen molar-refractivity contribution in [3.63, 3.8) is 0 Å². The van der Waals surface area contributed by atoms with Gasteiger partial charge in [0.25, 0.3) is 0 Å². The minimum absolute atomic E-state index is 0.121. The molecule has 0 fully saturated rings. The Morgan fingerprint density at radius 3 is 2.52 bits per heavy atom. The third-order valence-corrected chi connectivity index (χ3v) is 6.30. The van der Waals surface area contributed by atoms with Crippen LogP contribution in [-0.4, -0.2) is 28.7 Å². The summed E-state index contributed by atoms with van der Waals surface area (Å²) in [6.45, 7) is 5.01. The van der Waals surface area contributed by atoms with Crippen LogP contribution in [0.3, 0.4) is 0 Å². The lowest BCUT2D eigenvalue weighted by molar-refractivity contribution is -0.272. The first kappa shape index (κ1) is 23.6. The Kier molecular flexibility index (Phi) is 6.22. The van der Waals surface area contributed by atoms with Gasteiger partial charge in [-0.25, -0.2) is 0 Å². The van der Waals surface area contributed by atoms with Crippen molar-refractivity contribution in [3.05, 3.63) is 58.2 Å². The standard InChI is InChI=1S/C24H24BrF3N2O3/c1-13(2)11-23(31,24(26,27)28)22(16-9-10-17(25)21-20(16)32-12-33-21)30-19-6-4-5-18-15(19)8-7-14(3)29-18/h4-10,13,22,30-31H,11-12H2,1-3H3. The Morgan fingerprint density at radius 1 is 1.09 bits per heavy atom. The van der Waals surface area contributed by atoms with Gasteiger partial charge < -0.3 is 19.9 Å². The van der Waals surface area contributed by atoms with Crippen LogP contribution < -0.4 is 14.8 Å². The molecule has 5 nitrogen and oxygen atoms in total. The van der Waals surface area contributed by atoms with Crippen LogP contribution >= 0.6 is 15.9 Å². The van der Waals surface area contributed by atoms with Gasteiger partial charge in [-0.1, -0.05) is 26.0 Å². The summed E-state index contributed by atoms with van der Waals surface area (Å²) in [7, 11) is 0. The number of hydrogen-bond acceptors (Lipinski definition) is 5. The molecule has 2 N–H and O–H groups in total. The number of rotatable bonds is 6. The lowest BCUT2D eigenvalue weighted by Crippen LogP contribution is -2.53. The number of nitrogens with one attached hydrogen (secondary N) is 1. The molecule has 3 aromatic rings. The monoisotopic (exact) mass is 524 g/mol. The van der Waals surface area contributed by atoms with Gasteiger partial charge in [0.1, 0.15) is 0 Å². The second kappa shape index (κ2) is 8.68. The molecule has 1 aliphatic rings. The molecule has 0 aliphatic carbocycles. The molecule has 33 heavy (non-hydrogen) atoms. The highest BCUT2D eigenvalue weighted by Gasteiger charge is 2.60. The Balaban J connectivity index is 1.92. The molecule has 0 amide bonds. The molecular weight excluding hydrogens is 501 g/mol. The van der Waals surface area contributed by atoms with Crippen molar-refractivity contribution >= 4 is 32.5 Å². The highest BCUT2D eigenvalue weighted by molar-refractivity contribution is 9.10. The topological polar surface area (TPSA) is 63.6 Å². The first-order valence-electron chi connectivity index (χ1n) is 10.5. The molecule has 2 aromatic carbocycles. The van der Waals surface area contributed by atoms with Gasteiger partial charge >= 0.3 is 6.18 Å². The summed E-state index contributed by atoms with van der Waals surface area (Å²) in [4.78, 5) is 4.47. The molecule has 2 heterocycles. The fraction of sp³-hybridized carbons (Fsp3) is 0.375. The quantitative estimate of drug-likeness (QED) is 0.384. The van der Waals surface area contributed by atoms with Crippen LogP contribution in [0.5, 0.6) is 11.5 Å². The molecule has 2 atom stereocenters. The van der Waals surface area contributed by atoms with Crippen molar-refractivity contribution in [2.75, 3.05) is 12.1 Å². The number of aryl methyl sites for hydroxylation is 1. The van der Waals surface area contributed by atoms with E-state index in [1.807, 2.05) is 6.92 Å². The molecule has 0 saturated carbocycles. The van der Waals surface area contributed by atoms with Crippen molar-refractivity contribution in [3.8, 4) is 11.5 Å². The van der Waals surface area contributed by atoms with Crippen molar-refractivity contribution in [2.24, 2.45) is 5.92 Å². The van der Waals surface area contributed by atoms with E-state index in [-0.39, 0.29) is 18.1 Å². The predicted molar refractivity (Wildman–Crippen MR) is 124 cm³/mol. The summed E-state index contributed by atoms with van der Waals surface area (Å²) >= 11 is 3.35. The van der Waals surface area contributed by atoms with E-state index in [4.69, 9.17) is 9.47 Å². The van der Waals surface area contributed by atoms with Gasteiger partial charge in [0.15, 0.2) is 17.1 Å². The van der Waals surface area contributed by atoms with Gasteiger partial charge in [0, 0.05) is 22.3 Å². The average Bonchev–Trinajstić information content (AvgIpc) is 3.22. The predicted octanol–water partition coefficient (Wildman–Crippen LogP) is 6.53. The number of aliphatic hydroxyl groups is 1. The second-order valence-corrected chi connectivity index (χ2v) is 9.48. The minimum atomic E-state index is -4.92. The number of alkyl halides is 3. The molecular formula is C24H24BrF3N2O3. The fourth-order valence-corrected chi connectivity index (χ4v) is 4.65. The maximum Gasteiger partial charge on any atom is 0.419 e. The molecule has 2 unspecified atom stereocenters. The number of hydrogen-bond donors (Lipinski definition) is 2. The molecule has 176 valence electrons. The largest absolute Gasteiger partial charge is 0.453 e. The van der Waals surface area contributed by atoms with Crippen molar-refractivity contribution in [2.45, 2.75) is 45.0 Å². The molecule has 1 aromatic heterocycles. The van der Waals surface area contributed by atoms with Crippen LogP contribution in [0.15, 0.2) is 46.9 Å². The zero-order valence-corrected chi connectivity index (χ0v) is 19.9. The van der Waals surface area contributed by atoms with Gasteiger partial charge in [0.2, 0.25) is 6.79 Å². The van der Waals surface area contributed by atoms with Crippen LogP contribution in [0, 0.1) is 12.8 Å². The molecule has 4 rings (SSSR count). The SMILES string of the molecule is Cc1ccc2c(NC(c3ccc(Br)c4c3OCO4)C(O)(CC(C)C)C(F)(F)F)cccc2n1. The number of fused-ring (bicyclic) bond motifs is 2. The van der Waals surface area contributed by atoms with Crippen LogP contribution in [-0.2, 0) is 0 Å². The van der Waals surface area contributed by atoms with Crippen LogP contribution in [0.1, 0.15) is 37.6 Å².